The first-order valence-electron chi connectivity index (χ1n) is 12.3. The Morgan fingerprint density at radius 1 is 0.743 bits per heavy atom. The lowest BCUT2D eigenvalue weighted by atomic mass is 9.92. The molecule has 2 aliphatic rings. The van der Waals surface area contributed by atoms with E-state index in [0.717, 1.165) is 37.7 Å². The molecule has 2 N–H and O–H groups in total. The Morgan fingerprint density at radius 2 is 1.26 bits per heavy atom. The van der Waals surface area contributed by atoms with Gasteiger partial charge in [-0.05, 0) is 74.2 Å². The highest BCUT2D eigenvalue weighted by molar-refractivity contribution is 5.99. The predicted octanol–water partition coefficient (Wildman–Crippen LogP) is 3.72. The Labute approximate surface area is 205 Å². The Kier molecular flexibility index (Phi) is 8.36. The van der Waals surface area contributed by atoms with E-state index >= 15 is 0 Å². The van der Waals surface area contributed by atoms with Crippen LogP contribution in [0.5, 0.6) is 5.75 Å². The van der Waals surface area contributed by atoms with Crippen LogP contribution < -0.4 is 15.6 Å². The summed E-state index contributed by atoms with van der Waals surface area (Å²) in [5.74, 6) is -0.666. The first-order chi connectivity index (χ1) is 17.0. The summed E-state index contributed by atoms with van der Waals surface area (Å²) in [4.78, 5) is 38.8. The molecule has 0 bridgehead atoms. The summed E-state index contributed by atoms with van der Waals surface area (Å²) < 4.78 is 10.8. The number of amides is 2. The van der Waals surface area contributed by atoms with Crippen LogP contribution >= 0.6 is 0 Å². The average molecular weight is 480 g/mol. The number of likely N-dealkylation sites (tertiary alicyclic amines) is 1. The molecule has 1 saturated carbocycles. The molecule has 4 rings (SSSR count). The molecule has 0 atom stereocenters. The minimum Gasteiger partial charge on any atom is -0.490 e. The van der Waals surface area contributed by atoms with Crippen LogP contribution in [0.1, 0.15) is 76.0 Å². The Bertz CT molecular complexity index is 1010. The molecule has 0 aromatic heterocycles. The summed E-state index contributed by atoms with van der Waals surface area (Å²) in [6.45, 7) is 2.17. The number of carbonyl (C=O) groups is 3. The van der Waals surface area contributed by atoms with Gasteiger partial charge in [0.1, 0.15) is 11.9 Å². The van der Waals surface area contributed by atoms with E-state index in [4.69, 9.17) is 4.74 Å². The third-order valence-electron chi connectivity index (χ3n) is 6.84. The van der Waals surface area contributed by atoms with Gasteiger partial charge in [-0.15, -0.1) is 0 Å². The Balaban J connectivity index is 1.21. The maximum Gasteiger partial charge on any atom is 0.337 e. The van der Waals surface area contributed by atoms with Crippen LogP contribution in [0, 0.1) is 0 Å². The zero-order valence-electron chi connectivity index (χ0n) is 20.1. The highest BCUT2D eigenvalue weighted by Gasteiger charge is 2.27. The highest BCUT2D eigenvalue weighted by Crippen LogP contribution is 2.27. The van der Waals surface area contributed by atoms with Gasteiger partial charge >= 0.3 is 5.97 Å². The van der Waals surface area contributed by atoms with Crippen LogP contribution in [0.2, 0.25) is 0 Å². The van der Waals surface area contributed by atoms with Gasteiger partial charge in [-0.1, -0.05) is 19.3 Å². The van der Waals surface area contributed by atoms with Crippen LogP contribution in [0.15, 0.2) is 48.5 Å². The van der Waals surface area contributed by atoms with E-state index in [1.165, 1.54) is 63.5 Å². The molecule has 1 saturated heterocycles. The van der Waals surface area contributed by atoms with Crippen molar-refractivity contribution in [2.75, 3.05) is 20.2 Å². The van der Waals surface area contributed by atoms with Gasteiger partial charge in [0.2, 0.25) is 0 Å². The number of methoxy groups -OCH3 is 1. The number of hydrogen-bond acceptors (Lipinski definition) is 6. The highest BCUT2D eigenvalue weighted by atomic mass is 16.5. The second-order valence-electron chi connectivity index (χ2n) is 9.15. The first kappa shape index (κ1) is 24.7. The number of piperidine rings is 1. The van der Waals surface area contributed by atoms with Crippen LogP contribution in [0.25, 0.3) is 0 Å². The number of hydrogen-bond donors (Lipinski definition) is 2. The van der Waals surface area contributed by atoms with Gasteiger partial charge in [0, 0.05) is 30.3 Å². The third-order valence-corrected chi connectivity index (χ3v) is 6.84. The minimum absolute atomic E-state index is 0.194. The lowest BCUT2D eigenvalue weighted by Crippen LogP contribution is -2.44. The molecule has 0 spiro atoms. The summed E-state index contributed by atoms with van der Waals surface area (Å²) in [5, 5.41) is 0. The van der Waals surface area contributed by atoms with Crippen LogP contribution in [-0.4, -0.2) is 55.0 Å². The van der Waals surface area contributed by atoms with Gasteiger partial charge in [0.05, 0.1) is 12.7 Å². The number of benzene rings is 2. The molecular weight excluding hydrogens is 446 g/mol. The molecule has 8 heteroatoms. The van der Waals surface area contributed by atoms with Crippen molar-refractivity contribution >= 4 is 17.8 Å². The molecule has 35 heavy (non-hydrogen) atoms. The fraction of sp³-hybridized carbons (Fsp3) is 0.444. The smallest absolute Gasteiger partial charge is 0.337 e. The Hall–Kier alpha value is -3.39. The zero-order chi connectivity index (χ0) is 24.6. The fourth-order valence-corrected chi connectivity index (χ4v) is 4.82. The van der Waals surface area contributed by atoms with Gasteiger partial charge in [-0.2, -0.15) is 0 Å². The van der Waals surface area contributed by atoms with Crippen molar-refractivity contribution in [2.24, 2.45) is 0 Å². The van der Waals surface area contributed by atoms with Crippen molar-refractivity contribution < 1.29 is 23.9 Å². The predicted molar refractivity (Wildman–Crippen MR) is 131 cm³/mol. The van der Waals surface area contributed by atoms with Gasteiger partial charge in [0.25, 0.3) is 11.8 Å². The van der Waals surface area contributed by atoms with E-state index in [2.05, 4.69) is 20.5 Å². The standard InChI is InChI=1S/C27H33N3O5/c1-34-27(33)21-9-7-19(8-10-21)25(31)28-29-26(32)20-11-13-23(14-12-20)35-24-15-17-30(18-16-24)22-5-3-2-4-6-22/h7-14,22,24H,2-6,15-18H2,1H3,(H,28,31)(H,29,32). The van der Waals surface area contributed by atoms with Crippen molar-refractivity contribution in [2.45, 2.75) is 57.1 Å². The van der Waals surface area contributed by atoms with E-state index in [9.17, 15) is 14.4 Å². The third kappa shape index (κ3) is 6.60. The molecule has 8 nitrogen and oxygen atoms in total. The molecule has 2 amide bonds. The van der Waals surface area contributed by atoms with Gasteiger partial charge < -0.3 is 14.4 Å². The number of nitrogens with zero attached hydrogens (tertiary/aromatic N) is 1. The number of hydrazine groups is 1. The first-order valence-corrected chi connectivity index (χ1v) is 12.3. The molecular formula is C27H33N3O5. The summed E-state index contributed by atoms with van der Waals surface area (Å²) in [6.07, 6.45) is 8.98. The maximum atomic E-state index is 12.4. The molecule has 1 heterocycles. The lowest BCUT2D eigenvalue weighted by Gasteiger charge is -2.39. The van der Waals surface area contributed by atoms with Crippen molar-refractivity contribution in [3.05, 3.63) is 65.2 Å². The van der Waals surface area contributed by atoms with Gasteiger partial charge in [-0.25, -0.2) is 4.79 Å². The topological polar surface area (TPSA) is 97.0 Å². The van der Waals surface area contributed by atoms with Crippen molar-refractivity contribution in [1.82, 2.24) is 15.8 Å². The monoisotopic (exact) mass is 479 g/mol. The van der Waals surface area contributed by atoms with Gasteiger partial charge in [-0.3, -0.25) is 20.4 Å². The quantitative estimate of drug-likeness (QED) is 0.484. The van der Waals surface area contributed by atoms with Crippen LogP contribution in [0.4, 0.5) is 0 Å². The summed E-state index contributed by atoms with van der Waals surface area (Å²) in [5.41, 5.74) is 5.84. The summed E-state index contributed by atoms with van der Waals surface area (Å²) in [6, 6.07) is 13.6. The summed E-state index contributed by atoms with van der Waals surface area (Å²) in [7, 11) is 1.29. The SMILES string of the molecule is COC(=O)c1ccc(C(=O)NNC(=O)c2ccc(OC3CCN(C4CCCCC4)CC3)cc2)cc1. The molecule has 0 unspecified atom stereocenters. The largest absolute Gasteiger partial charge is 0.490 e. The summed E-state index contributed by atoms with van der Waals surface area (Å²) >= 11 is 0. The molecule has 1 aliphatic heterocycles. The number of carbonyl (C=O) groups excluding carboxylic acids is 3. The van der Waals surface area contributed by atoms with Crippen LogP contribution in [0.3, 0.4) is 0 Å². The van der Waals surface area contributed by atoms with E-state index in [1.807, 2.05) is 0 Å². The van der Waals surface area contributed by atoms with Gasteiger partial charge in [0.15, 0.2) is 0 Å². The van der Waals surface area contributed by atoms with E-state index < -0.39 is 17.8 Å². The average Bonchev–Trinajstić information content (AvgIpc) is 2.92. The Morgan fingerprint density at radius 3 is 1.80 bits per heavy atom. The fourth-order valence-electron chi connectivity index (χ4n) is 4.82. The zero-order valence-corrected chi connectivity index (χ0v) is 20.1. The number of esters is 1. The van der Waals surface area contributed by atoms with Crippen LogP contribution in [-0.2, 0) is 4.74 Å². The minimum atomic E-state index is -0.491. The molecule has 0 radical (unpaired) electrons. The van der Waals surface area contributed by atoms with Crippen molar-refractivity contribution in [3.8, 4) is 5.75 Å². The second kappa shape index (κ2) is 11.8. The van der Waals surface area contributed by atoms with E-state index in [-0.39, 0.29) is 6.10 Å². The second-order valence-corrected chi connectivity index (χ2v) is 9.15. The lowest BCUT2D eigenvalue weighted by molar-refractivity contribution is 0.0600. The molecule has 2 aromatic rings. The normalized spacial score (nSPS) is 17.4. The molecule has 2 aromatic carbocycles. The maximum absolute atomic E-state index is 12.4. The number of nitrogens with one attached hydrogen (secondary N) is 2. The number of rotatable bonds is 6. The van der Waals surface area contributed by atoms with Crippen molar-refractivity contribution in [3.63, 3.8) is 0 Å². The molecule has 1 aliphatic carbocycles. The van der Waals surface area contributed by atoms with E-state index in [1.54, 1.807) is 24.3 Å². The van der Waals surface area contributed by atoms with Crippen molar-refractivity contribution in [1.29, 1.82) is 0 Å². The molecule has 2 fully saturated rings. The molecule has 186 valence electrons. The van der Waals surface area contributed by atoms with E-state index in [0.29, 0.717) is 16.7 Å². The number of ether oxygens (including phenoxy) is 2.